The van der Waals surface area contributed by atoms with E-state index < -0.39 is 11.2 Å². The maximum absolute atomic E-state index is 13.6. The fourth-order valence-corrected chi connectivity index (χ4v) is 5.61. The maximum Gasteiger partial charge on any atom is 0.264 e. The van der Waals surface area contributed by atoms with Crippen LogP contribution in [0.3, 0.4) is 0 Å². The second kappa shape index (κ2) is 11.3. The van der Waals surface area contributed by atoms with E-state index in [0.717, 1.165) is 15.6 Å². The smallest absolute Gasteiger partial charge is 0.264 e. The van der Waals surface area contributed by atoms with Crippen molar-refractivity contribution in [2.24, 2.45) is 0 Å². The number of anilines is 1. The molecule has 0 aliphatic carbocycles. The van der Waals surface area contributed by atoms with Crippen molar-refractivity contribution in [2.75, 3.05) is 4.90 Å². The lowest BCUT2D eigenvalue weighted by atomic mass is 10.1. The highest BCUT2D eigenvalue weighted by atomic mass is 79.9. The lowest BCUT2D eigenvalue weighted by molar-refractivity contribution is -0.117. The summed E-state index contributed by atoms with van der Waals surface area (Å²) in [6.45, 7) is 0.263. The summed E-state index contributed by atoms with van der Waals surface area (Å²) in [6, 6.07) is 23.7. The van der Waals surface area contributed by atoms with Gasteiger partial charge in [-0.1, -0.05) is 87.3 Å². The minimum absolute atomic E-state index is 0.119. The van der Waals surface area contributed by atoms with Gasteiger partial charge in [0, 0.05) is 26.8 Å². The standard InChI is InChI=1S/C26H18BrCl2N3O2S/c27-18-7-10-20(11-8-18)32-25(34)23(12-17-6-9-19(28)13-22(17)29)35-26(32)21(14-30)24(33)31-15-16-4-2-1-3-5-16/h1-11,13,23H,12,15H2,(H,31,33)/b26-21-/t23-/m1/s1. The van der Waals surface area contributed by atoms with Crippen LogP contribution in [0.15, 0.2) is 87.9 Å². The van der Waals surface area contributed by atoms with Crippen LogP contribution in [-0.2, 0) is 22.6 Å². The van der Waals surface area contributed by atoms with Crippen LogP contribution in [0.1, 0.15) is 11.1 Å². The molecule has 1 N–H and O–H groups in total. The predicted molar refractivity (Wildman–Crippen MR) is 144 cm³/mol. The van der Waals surface area contributed by atoms with Gasteiger partial charge in [0.15, 0.2) is 0 Å². The molecule has 1 fully saturated rings. The Morgan fingerprint density at radius 1 is 1.09 bits per heavy atom. The van der Waals surface area contributed by atoms with Gasteiger partial charge in [-0.3, -0.25) is 14.5 Å². The van der Waals surface area contributed by atoms with Crippen LogP contribution < -0.4 is 10.2 Å². The molecule has 9 heteroatoms. The van der Waals surface area contributed by atoms with Crippen molar-refractivity contribution in [1.82, 2.24) is 5.32 Å². The van der Waals surface area contributed by atoms with E-state index in [0.29, 0.717) is 27.2 Å². The van der Waals surface area contributed by atoms with Crippen molar-refractivity contribution < 1.29 is 9.59 Å². The molecule has 4 rings (SSSR count). The number of hydrogen-bond donors (Lipinski definition) is 1. The first kappa shape index (κ1) is 25.3. The molecule has 0 aromatic heterocycles. The molecule has 2 amide bonds. The summed E-state index contributed by atoms with van der Waals surface area (Å²) >= 11 is 17.0. The maximum atomic E-state index is 13.6. The Hall–Kier alpha value is -2.76. The molecule has 1 aliphatic heterocycles. The molecule has 176 valence electrons. The van der Waals surface area contributed by atoms with Crippen LogP contribution in [0, 0.1) is 11.3 Å². The lowest BCUT2D eigenvalue weighted by Gasteiger charge is -2.19. The molecular formula is C26H18BrCl2N3O2S. The molecule has 0 radical (unpaired) electrons. The van der Waals surface area contributed by atoms with E-state index in [9.17, 15) is 14.9 Å². The summed E-state index contributed by atoms with van der Waals surface area (Å²) in [5.41, 5.74) is 2.10. The zero-order valence-corrected chi connectivity index (χ0v) is 22.1. The highest BCUT2D eigenvalue weighted by molar-refractivity contribution is 9.10. The Morgan fingerprint density at radius 2 is 1.80 bits per heavy atom. The highest BCUT2D eigenvalue weighted by Crippen LogP contribution is 2.42. The number of benzene rings is 3. The Morgan fingerprint density at radius 3 is 2.46 bits per heavy atom. The van der Waals surface area contributed by atoms with Crippen LogP contribution >= 0.6 is 50.9 Å². The van der Waals surface area contributed by atoms with Crippen LogP contribution in [0.5, 0.6) is 0 Å². The number of hydrogen-bond acceptors (Lipinski definition) is 4. The van der Waals surface area contributed by atoms with Crippen molar-refractivity contribution >= 4 is 68.4 Å². The van der Waals surface area contributed by atoms with E-state index >= 15 is 0 Å². The third-order valence-electron chi connectivity index (χ3n) is 5.31. The first-order valence-electron chi connectivity index (χ1n) is 10.5. The number of amides is 2. The predicted octanol–water partition coefficient (Wildman–Crippen LogP) is 6.50. The number of nitrogens with zero attached hydrogens (tertiary/aromatic N) is 2. The van der Waals surface area contributed by atoms with E-state index in [1.165, 1.54) is 16.7 Å². The highest BCUT2D eigenvalue weighted by Gasteiger charge is 2.41. The molecule has 3 aromatic rings. The van der Waals surface area contributed by atoms with Crippen LogP contribution in [0.2, 0.25) is 10.0 Å². The molecule has 0 saturated carbocycles. The first-order valence-corrected chi connectivity index (χ1v) is 13.0. The van der Waals surface area contributed by atoms with Gasteiger partial charge in [0.1, 0.15) is 16.7 Å². The molecule has 1 heterocycles. The van der Waals surface area contributed by atoms with E-state index in [-0.39, 0.29) is 18.0 Å². The second-order valence-electron chi connectivity index (χ2n) is 7.66. The number of rotatable bonds is 6. The van der Waals surface area contributed by atoms with Gasteiger partial charge in [0.05, 0.1) is 5.25 Å². The number of carbonyl (C=O) groups is 2. The van der Waals surface area contributed by atoms with Gasteiger partial charge in [0.25, 0.3) is 5.91 Å². The molecule has 1 saturated heterocycles. The van der Waals surface area contributed by atoms with Crippen molar-refractivity contribution in [2.45, 2.75) is 18.2 Å². The van der Waals surface area contributed by atoms with Crippen molar-refractivity contribution in [3.05, 3.63) is 109 Å². The van der Waals surface area contributed by atoms with Crippen LogP contribution in [0.25, 0.3) is 0 Å². The summed E-state index contributed by atoms with van der Waals surface area (Å²) in [4.78, 5) is 28.0. The van der Waals surface area contributed by atoms with Crippen molar-refractivity contribution in [1.29, 1.82) is 5.26 Å². The Kier molecular flexibility index (Phi) is 8.19. The van der Waals surface area contributed by atoms with E-state index in [1.807, 2.05) is 36.4 Å². The van der Waals surface area contributed by atoms with Gasteiger partial charge < -0.3 is 5.32 Å². The van der Waals surface area contributed by atoms with Crippen molar-refractivity contribution in [3.8, 4) is 6.07 Å². The van der Waals surface area contributed by atoms with Gasteiger partial charge in [-0.15, -0.1) is 0 Å². The Bertz CT molecular complexity index is 1340. The average Bonchev–Trinajstić information content (AvgIpc) is 3.16. The third-order valence-corrected chi connectivity index (χ3v) is 7.69. The Labute approximate surface area is 225 Å². The summed E-state index contributed by atoms with van der Waals surface area (Å²) in [7, 11) is 0. The fourth-order valence-electron chi connectivity index (χ4n) is 3.57. The minimum atomic E-state index is -0.572. The summed E-state index contributed by atoms with van der Waals surface area (Å²) < 4.78 is 0.844. The molecule has 3 aromatic carbocycles. The number of carbonyl (C=O) groups excluding carboxylic acids is 2. The summed E-state index contributed by atoms with van der Waals surface area (Å²) in [5.74, 6) is -0.777. The quantitative estimate of drug-likeness (QED) is 0.264. The van der Waals surface area contributed by atoms with E-state index in [4.69, 9.17) is 23.2 Å². The second-order valence-corrected chi connectivity index (χ2v) is 10.6. The van der Waals surface area contributed by atoms with Crippen molar-refractivity contribution in [3.63, 3.8) is 0 Å². The zero-order valence-electron chi connectivity index (χ0n) is 18.2. The largest absolute Gasteiger partial charge is 0.347 e. The molecule has 1 atom stereocenters. The molecule has 35 heavy (non-hydrogen) atoms. The molecule has 0 spiro atoms. The van der Waals surface area contributed by atoms with Crippen LogP contribution in [-0.4, -0.2) is 17.1 Å². The lowest BCUT2D eigenvalue weighted by Crippen LogP contribution is -2.32. The minimum Gasteiger partial charge on any atom is -0.347 e. The zero-order chi connectivity index (χ0) is 24.9. The van der Waals surface area contributed by atoms with Gasteiger partial charge in [-0.25, -0.2) is 0 Å². The number of thioether (sulfide) groups is 1. The van der Waals surface area contributed by atoms with E-state index in [1.54, 1.807) is 42.5 Å². The van der Waals surface area contributed by atoms with Gasteiger partial charge in [-0.05, 0) is 53.9 Å². The number of nitrogens with one attached hydrogen (secondary N) is 1. The monoisotopic (exact) mass is 585 g/mol. The normalized spacial score (nSPS) is 16.7. The molecule has 1 aliphatic rings. The summed E-state index contributed by atoms with van der Waals surface area (Å²) in [5, 5.41) is 13.4. The van der Waals surface area contributed by atoms with Crippen LogP contribution in [0.4, 0.5) is 5.69 Å². The van der Waals surface area contributed by atoms with E-state index in [2.05, 4.69) is 21.2 Å². The molecule has 0 bridgehead atoms. The Balaban J connectivity index is 1.68. The van der Waals surface area contributed by atoms with Gasteiger partial charge in [-0.2, -0.15) is 5.26 Å². The fraction of sp³-hybridized carbons (Fsp3) is 0.115. The first-order chi connectivity index (χ1) is 16.9. The summed E-state index contributed by atoms with van der Waals surface area (Å²) in [6.07, 6.45) is 0.320. The van der Waals surface area contributed by atoms with Gasteiger partial charge >= 0.3 is 0 Å². The number of nitriles is 1. The number of halogens is 3. The molecule has 0 unspecified atom stereocenters. The van der Waals surface area contributed by atoms with Gasteiger partial charge in [0.2, 0.25) is 5.91 Å². The topological polar surface area (TPSA) is 73.2 Å². The third kappa shape index (κ3) is 5.91. The average molecular weight is 587 g/mol. The molecule has 5 nitrogen and oxygen atoms in total. The molecular weight excluding hydrogens is 569 g/mol. The SMILES string of the molecule is N#C/C(C(=O)NCc1ccccc1)=C1/S[C@H](Cc2ccc(Cl)cc2Cl)C(=O)N1c1ccc(Br)cc1.